The first-order valence-corrected chi connectivity index (χ1v) is 8.65. The lowest BCUT2D eigenvalue weighted by atomic mass is 10.00. The average Bonchev–Trinajstić information content (AvgIpc) is 2.61. The van der Waals surface area contributed by atoms with E-state index in [-0.39, 0.29) is 12.2 Å². The highest BCUT2D eigenvalue weighted by molar-refractivity contribution is 5.39. The van der Waals surface area contributed by atoms with Gasteiger partial charge in [0.1, 0.15) is 11.9 Å². The first-order valence-electron chi connectivity index (χ1n) is 8.65. The lowest BCUT2D eigenvalue weighted by Crippen LogP contribution is -2.43. The van der Waals surface area contributed by atoms with Crippen LogP contribution < -0.4 is 10.1 Å². The van der Waals surface area contributed by atoms with Gasteiger partial charge in [-0.25, -0.2) is 0 Å². The van der Waals surface area contributed by atoms with Gasteiger partial charge in [-0.05, 0) is 42.2 Å². The monoisotopic (exact) mass is 326 g/mol. The van der Waals surface area contributed by atoms with Crippen molar-refractivity contribution in [3.05, 3.63) is 59.4 Å². The third-order valence-corrected chi connectivity index (χ3v) is 4.32. The summed E-state index contributed by atoms with van der Waals surface area (Å²) in [6.07, 6.45) is 1.54. The van der Waals surface area contributed by atoms with Crippen LogP contribution in [0.25, 0.3) is 0 Å². The van der Waals surface area contributed by atoms with Gasteiger partial charge in [0.05, 0.1) is 12.3 Å². The molecule has 1 fully saturated rings. The predicted molar refractivity (Wildman–Crippen MR) is 95.5 cm³/mol. The molecule has 2 atom stereocenters. The van der Waals surface area contributed by atoms with E-state index in [0.29, 0.717) is 12.5 Å². The Morgan fingerprint density at radius 3 is 2.79 bits per heavy atom. The lowest BCUT2D eigenvalue weighted by molar-refractivity contribution is -0.0450. The summed E-state index contributed by atoms with van der Waals surface area (Å²) in [5.74, 6) is 1.32. The fraction of sp³-hybridized carbons (Fsp3) is 0.450. The summed E-state index contributed by atoms with van der Waals surface area (Å²) in [5.41, 5.74) is 3.31. The molecule has 0 bridgehead atoms. The Bertz CT molecular complexity index is 652. The zero-order valence-electron chi connectivity index (χ0n) is 14.7. The molecule has 1 aliphatic rings. The Labute approximate surface area is 144 Å². The molecule has 4 nitrogen and oxygen atoms in total. The van der Waals surface area contributed by atoms with Crippen molar-refractivity contribution in [3.63, 3.8) is 0 Å². The van der Waals surface area contributed by atoms with Crippen LogP contribution in [0.15, 0.2) is 42.6 Å². The second-order valence-electron chi connectivity index (χ2n) is 6.60. The smallest absolute Gasteiger partial charge is 0.168 e. The highest BCUT2D eigenvalue weighted by Crippen LogP contribution is 2.33. The van der Waals surface area contributed by atoms with Gasteiger partial charge in [-0.1, -0.05) is 32.0 Å². The molecule has 3 rings (SSSR count). The minimum Gasteiger partial charge on any atom is -0.481 e. The predicted octanol–water partition coefficient (Wildman–Crippen LogP) is 3.62. The summed E-state index contributed by atoms with van der Waals surface area (Å²) in [4.78, 5) is 4.51. The third kappa shape index (κ3) is 3.94. The molecule has 2 aromatic rings. The van der Waals surface area contributed by atoms with Crippen molar-refractivity contribution in [1.29, 1.82) is 0 Å². The number of nitrogens with zero attached hydrogens (tertiary/aromatic N) is 1. The number of benzene rings is 1. The zero-order valence-corrected chi connectivity index (χ0v) is 14.7. The van der Waals surface area contributed by atoms with Gasteiger partial charge in [0, 0.05) is 19.3 Å². The van der Waals surface area contributed by atoms with Gasteiger partial charge in [0.15, 0.2) is 6.10 Å². The SMILES string of the molecule is Cc1ccc(C(C)C)c(OC(c2ccccn2)[C@@H]2CNCCO2)c1. The Kier molecular flexibility index (Phi) is 5.48. The van der Waals surface area contributed by atoms with E-state index in [1.165, 1.54) is 11.1 Å². The molecule has 1 saturated heterocycles. The summed E-state index contributed by atoms with van der Waals surface area (Å²) >= 11 is 0. The fourth-order valence-electron chi connectivity index (χ4n) is 3.01. The second-order valence-corrected chi connectivity index (χ2v) is 6.60. The Morgan fingerprint density at radius 1 is 1.25 bits per heavy atom. The number of aromatic nitrogens is 1. The Morgan fingerprint density at radius 2 is 2.12 bits per heavy atom. The van der Waals surface area contributed by atoms with E-state index in [1.807, 2.05) is 24.4 Å². The molecule has 1 aromatic carbocycles. The van der Waals surface area contributed by atoms with Crippen LogP contribution in [-0.4, -0.2) is 30.8 Å². The van der Waals surface area contributed by atoms with E-state index in [2.05, 4.69) is 49.3 Å². The van der Waals surface area contributed by atoms with Gasteiger partial charge < -0.3 is 14.8 Å². The second kappa shape index (κ2) is 7.77. The number of hydrogen-bond acceptors (Lipinski definition) is 4. The molecule has 2 heterocycles. The van der Waals surface area contributed by atoms with Crippen LogP contribution in [0.1, 0.15) is 42.7 Å². The molecular weight excluding hydrogens is 300 g/mol. The van der Waals surface area contributed by atoms with Crippen molar-refractivity contribution >= 4 is 0 Å². The maximum absolute atomic E-state index is 6.49. The van der Waals surface area contributed by atoms with E-state index in [1.54, 1.807) is 0 Å². The van der Waals surface area contributed by atoms with Gasteiger partial charge in [0.2, 0.25) is 0 Å². The summed E-state index contributed by atoms with van der Waals surface area (Å²) < 4.78 is 12.5. The Balaban J connectivity index is 1.93. The fourth-order valence-corrected chi connectivity index (χ4v) is 3.01. The minimum atomic E-state index is -0.224. The van der Waals surface area contributed by atoms with Gasteiger partial charge in [-0.3, -0.25) is 4.98 Å². The van der Waals surface area contributed by atoms with Crippen LogP contribution in [0.3, 0.4) is 0 Å². The molecule has 1 aliphatic heterocycles. The molecule has 0 spiro atoms. The molecule has 1 unspecified atom stereocenters. The summed E-state index contributed by atoms with van der Waals surface area (Å²) in [5, 5.41) is 3.39. The normalized spacial score (nSPS) is 19.2. The molecule has 1 N–H and O–H groups in total. The maximum Gasteiger partial charge on any atom is 0.168 e. The molecule has 4 heteroatoms. The quantitative estimate of drug-likeness (QED) is 0.911. The topological polar surface area (TPSA) is 43.4 Å². The average molecular weight is 326 g/mol. The van der Waals surface area contributed by atoms with Crippen LogP contribution in [0.5, 0.6) is 5.75 Å². The van der Waals surface area contributed by atoms with Gasteiger partial charge in [-0.2, -0.15) is 0 Å². The van der Waals surface area contributed by atoms with Crippen LogP contribution in [0.4, 0.5) is 0 Å². The molecule has 0 radical (unpaired) electrons. The molecule has 128 valence electrons. The minimum absolute atomic E-state index is 0.0471. The van der Waals surface area contributed by atoms with Crippen molar-refractivity contribution in [2.24, 2.45) is 0 Å². The Hall–Kier alpha value is -1.91. The van der Waals surface area contributed by atoms with E-state index in [4.69, 9.17) is 9.47 Å². The number of morpholine rings is 1. The molecule has 1 aromatic heterocycles. The van der Waals surface area contributed by atoms with Crippen LogP contribution in [0.2, 0.25) is 0 Å². The number of rotatable bonds is 5. The molecule has 0 aliphatic carbocycles. The number of pyridine rings is 1. The highest BCUT2D eigenvalue weighted by atomic mass is 16.5. The number of nitrogens with one attached hydrogen (secondary N) is 1. The van der Waals surface area contributed by atoms with Gasteiger partial charge in [0.25, 0.3) is 0 Å². The van der Waals surface area contributed by atoms with Crippen LogP contribution in [0, 0.1) is 6.92 Å². The standard InChI is InChI=1S/C20H26N2O2/c1-14(2)16-8-7-15(3)12-18(16)24-20(17-6-4-5-9-22-17)19-13-21-10-11-23-19/h4-9,12,14,19-21H,10-11,13H2,1-3H3/t19-,20?/m0/s1. The zero-order chi connectivity index (χ0) is 16.9. The molecule has 24 heavy (non-hydrogen) atoms. The summed E-state index contributed by atoms with van der Waals surface area (Å²) in [7, 11) is 0. The van der Waals surface area contributed by atoms with Crippen molar-refractivity contribution in [2.45, 2.75) is 38.9 Å². The van der Waals surface area contributed by atoms with Crippen LogP contribution in [-0.2, 0) is 4.74 Å². The summed E-state index contributed by atoms with van der Waals surface area (Å²) in [6, 6.07) is 12.3. The third-order valence-electron chi connectivity index (χ3n) is 4.32. The molecule has 0 saturated carbocycles. The van der Waals surface area contributed by atoms with Crippen molar-refractivity contribution in [2.75, 3.05) is 19.7 Å². The van der Waals surface area contributed by atoms with Crippen molar-refractivity contribution < 1.29 is 9.47 Å². The van der Waals surface area contributed by atoms with Gasteiger partial charge >= 0.3 is 0 Å². The first-order chi connectivity index (χ1) is 11.6. The van der Waals surface area contributed by atoms with E-state index in [9.17, 15) is 0 Å². The molecule has 0 amide bonds. The van der Waals surface area contributed by atoms with Crippen LogP contribution >= 0.6 is 0 Å². The lowest BCUT2D eigenvalue weighted by Gasteiger charge is -2.32. The van der Waals surface area contributed by atoms with Crippen molar-refractivity contribution in [3.8, 4) is 5.75 Å². The summed E-state index contributed by atoms with van der Waals surface area (Å²) in [6.45, 7) is 8.81. The van der Waals surface area contributed by atoms with Crippen molar-refractivity contribution in [1.82, 2.24) is 10.3 Å². The van der Waals surface area contributed by atoms with E-state index >= 15 is 0 Å². The number of aryl methyl sites for hydroxylation is 1. The molecular formula is C20H26N2O2. The number of ether oxygens (including phenoxy) is 2. The highest BCUT2D eigenvalue weighted by Gasteiger charge is 2.29. The van der Waals surface area contributed by atoms with E-state index < -0.39 is 0 Å². The number of hydrogen-bond donors (Lipinski definition) is 1. The largest absolute Gasteiger partial charge is 0.481 e. The first kappa shape index (κ1) is 16.9. The van der Waals surface area contributed by atoms with Gasteiger partial charge in [-0.15, -0.1) is 0 Å². The van der Waals surface area contributed by atoms with E-state index in [0.717, 1.165) is 24.5 Å². The maximum atomic E-state index is 6.49.